The first-order valence-electron chi connectivity index (χ1n) is 8.59. The lowest BCUT2D eigenvalue weighted by molar-refractivity contribution is -0.117. The van der Waals surface area contributed by atoms with E-state index in [9.17, 15) is 9.59 Å². The lowest BCUT2D eigenvalue weighted by atomic mass is 10.2. The zero-order valence-corrected chi connectivity index (χ0v) is 15.7. The first-order chi connectivity index (χ1) is 12.6. The molecule has 6 heteroatoms. The molecule has 136 valence electrons. The van der Waals surface area contributed by atoms with Crippen molar-refractivity contribution in [3.63, 3.8) is 0 Å². The van der Waals surface area contributed by atoms with Crippen molar-refractivity contribution in [1.29, 1.82) is 0 Å². The summed E-state index contributed by atoms with van der Waals surface area (Å²) in [6.07, 6.45) is 1.47. The lowest BCUT2D eigenvalue weighted by Crippen LogP contribution is -2.25. The van der Waals surface area contributed by atoms with Crippen LogP contribution in [0.25, 0.3) is 0 Å². The minimum Gasteiger partial charge on any atom is -0.497 e. The number of hydrogen-bond donors (Lipinski definition) is 1. The second-order valence-electron chi connectivity index (χ2n) is 6.12. The van der Waals surface area contributed by atoms with Crippen LogP contribution in [-0.2, 0) is 9.59 Å². The second-order valence-corrected chi connectivity index (χ2v) is 7.54. The summed E-state index contributed by atoms with van der Waals surface area (Å²) >= 11 is 1.49. The molecule has 0 aromatic heterocycles. The van der Waals surface area contributed by atoms with Gasteiger partial charge in [0.1, 0.15) is 5.75 Å². The highest BCUT2D eigenvalue weighted by molar-refractivity contribution is 8.00. The zero-order valence-electron chi connectivity index (χ0n) is 14.9. The fourth-order valence-electron chi connectivity index (χ4n) is 2.83. The second kappa shape index (κ2) is 8.27. The van der Waals surface area contributed by atoms with Crippen LogP contribution in [0.3, 0.4) is 0 Å². The standard InChI is InChI=1S/C20H22N2O3S/c1-14(26-18-10-8-17(25-2)9-11-18)20(24)21-15-5-3-6-16(13-15)22-12-4-7-19(22)23/h3,5-6,8-11,13-14H,4,7,12H2,1-2H3,(H,21,24). The van der Waals surface area contributed by atoms with E-state index in [1.165, 1.54) is 11.8 Å². The Labute approximate surface area is 157 Å². The molecule has 1 aliphatic heterocycles. The normalized spacial score (nSPS) is 15.0. The molecule has 0 saturated carbocycles. The molecule has 0 spiro atoms. The van der Waals surface area contributed by atoms with Gasteiger partial charge in [-0.15, -0.1) is 11.8 Å². The average molecular weight is 370 g/mol. The Kier molecular flexibility index (Phi) is 5.83. The number of hydrogen-bond acceptors (Lipinski definition) is 4. The van der Waals surface area contributed by atoms with E-state index in [1.54, 1.807) is 12.0 Å². The van der Waals surface area contributed by atoms with Crippen molar-refractivity contribution in [3.8, 4) is 5.75 Å². The highest BCUT2D eigenvalue weighted by atomic mass is 32.2. The van der Waals surface area contributed by atoms with Gasteiger partial charge in [0.15, 0.2) is 0 Å². The van der Waals surface area contributed by atoms with Gasteiger partial charge >= 0.3 is 0 Å². The Hall–Kier alpha value is -2.47. The molecular weight excluding hydrogens is 348 g/mol. The van der Waals surface area contributed by atoms with Crippen LogP contribution in [-0.4, -0.2) is 30.7 Å². The van der Waals surface area contributed by atoms with E-state index in [-0.39, 0.29) is 17.1 Å². The van der Waals surface area contributed by atoms with Gasteiger partial charge in [0, 0.05) is 29.2 Å². The van der Waals surface area contributed by atoms with Crippen molar-refractivity contribution in [2.24, 2.45) is 0 Å². The molecule has 26 heavy (non-hydrogen) atoms. The molecule has 2 aromatic carbocycles. The number of nitrogens with zero attached hydrogens (tertiary/aromatic N) is 1. The Morgan fingerprint density at radius 3 is 2.65 bits per heavy atom. The third kappa shape index (κ3) is 4.38. The molecule has 1 aliphatic rings. The van der Waals surface area contributed by atoms with Gasteiger partial charge < -0.3 is 15.0 Å². The minimum absolute atomic E-state index is 0.0734. The monoisotopic (exact) mass is 370 g/mol. The van der Waals surface area contributed by atoms with E-state index < -0.39 is 0 Å². The van der Waals surface area contributed by atoms with E-state index in [4.69, 9.17) is 4.74 Å². The average Bonchev–Trinajstić information content (AvgIpc) is 3.08. The number of carbonyl (C=O) groups excluding carboxylic acids is 2. The van der Waals surface area contributed by atoms with E-state index in [0.29, 0.717) is 12.1 Å². The number of thioether (sulfide) groups is 1. The zero-order chi connectivity index (χ0) is 18.5. The highest BCUT2D eigenvalue weighted by Gasteiger charge is 2.22. The molecule has 1 saturated heterocycles. The third-order valence-corrected chi connectivity index (χ3v) is 5.35. The van der Waals surface area contributed by atoms with Crippen LogP contribution in [0.2, 0.25) is 0 Å². The van der Waals surface area contributed by atoms with Gasteiger partial charge in [0.2, 0.25) is 11.8 Å². The van der Waals surface area contributed by atoms with Crippen LogP contribution >= 0.6 is 11.8 Å². The van der Waals surface area contributed by atoms with Gasteiger partial charge in [0.25, 0.3) is 0 Å². The summed E-state index contributed by atoms with van der Waals surface area (Å²) in [5.74, 6) is 0.854. The van der Waals surface area contributed by atoms with Crippen molar-refractivity contribution in [1.82, 2.24) is 0 Å². The van der Waals surface area contributed by atoms with E-state index in [0.717, 1.165) is 29.3 Å². The number of rotatable bonds is 6. The Morgan fingerprint density at radius 2 is 2.00 bits per heavy atom. The largest absolute Gasteiger partial charge is 0.497 e. The van der Waals surface area contributed by atoms with E-state index in [2.05, 4.69) is 5.32 Å². The van der Waals surface area contributed by atoms with Crippen LogP contribution in [0.1, 0.15) is 19.8 Å². The lowest BCUT2D eigenvalue weighted by Gasteiger charge is -2.17. The topological polar surface area (TPSA) is 58.6 Å². The first-order valence-corrected chi connectivity index (χ1v) is 9.47. The number of amides is 2. The maximum atomic E-state index is 12.5. The van der Waals surface area contributed by atoms with E-state index >= 15 is 0 Å². The summed E-state index contributed by atoms with van der Waals surface area (Å²) in [5.41, 5.74) is 1.54. The maximum Gasteiger partial charge on any atom is 0.237 e. The quantitative estimate of drug-likeness (QED) is 0.783. The Balaban J connectivity index is 1.62. The SMILES string of the molecule is COc1ccc(SC(C)C(=O)Nc2cccc(N3CCCC3=O)c2)cc1. The molecule has 0 radical (unpaired) electrons. The summed E-state index contributed by atoms with van der Waals surface area (Å²) in [6, 6.07) is 15.1. The predicted molar refractivity (Wildman–Crippen MR) is 105 cm³/mol. The number of carbonyl (C=O) groups is 2. The molecule has 1 N–H and O–H groups in total. The Morgan fingerprint density at radius 1 is 1.23 bits per heavy atom. The fourth-order valence-corrected chi connectivity index (χ4v) is 3.70. The maximum absolute atomic E-state index is 12.5. The molecule has 5 nitrogen and oxygen atoms in total. The van der Waals surface area contributed by atoms with Crippen molar-refractivity contribution in [2.75, 3.05) is 23.9 Å². The molecule has 1 heterocycles. The molecule has 2 amide bonds. The number of methoxy groups -OCH3 is 1. The fraction of sp³-hybridized carbons (Fsp3) is 0.300. The van der Waals surface area contributed by atoms with Crippen LogP contribution in [0.5, 0.6) is 5.75 Å². The molecule has 1 fully saturated rings. The predicted octanol–water partition coefficient (Wildman–Crippen LogP) is 3.94. The van der Waals surface area contributed by atoms with Crippen molar-refractivity contribution in [3.05, 3.63) is 48.5 Å². The number of benzene rings is 2. The first kappa shape index (κ1) is 18.3. The van der Waals surface area contributed by atoms with E-state index in [1.807, 2.05) is 55.5 Å². The van der Waals surface area contributed by atoms with Gasteiger partial charge in [-0.25, -0.2) is 0 Å². The van der Waals surface area contributed by atoms with Crippen molar-refractivity contribution >= 4 is 35.0 Å². The highest BCUT2D eigenvalue weighted by Crippen LogP contribution is 2.27. The summed E-state index contributed by atoms with van der Waals surface area (Å²) in [4.78, 5) is 27.2. The van der Waals surface area contributed by atoms with Crippen molar-refractivity contribution < 1.29 is 14.3 Å². The van der Waals surface area contributed by atoms with Crippen LogP contribution in [0.15, 0.2) is 53.4 Å². The van der Waals surface area contributed by atoms with Crippen LogP contribution < -0.4 is 15.0 Å². The van der Waals surface area contributed by atoms with Crippen LogP contribution in [0.4, 0.5) is 11.4 Å². The Bertz CT molecular complexity index is 792. The van der Waals surface area contributed by atoms with Gasteiger partial charge in [-0.2, -0.15) is 0 Å². The van der Waals surface area contributed by atoms with Crippen molar-refractivity contribution in [2.45, 2.75) is 29.9 Å². The number of ether oxygens (including phenoxy) is 1. The summed E-state index contributed by atoms with van der Waals surface area (Å²) < 4.78 is 5.15. The smallest absolute Gasteiger partial charge is 0.237 e. The number of nitrogens with one attached hydrogen (secondary N) is 1. The summed E-state index contributed by atoms with van der Waals surface area (Å²) in [6.45, 7) is 2.61. The molecule has 3 rings (SSSR count). The molecule has 0 aliphatic carbocycles. The molecular formula is C20H22N2O3S. The molecule has 1 unspecified atom stereocenters. The minimum atomic E-state index is -0.250. The molecule has 2 aromatic rings. The summed E-state index contributed by atoms with van der Waals surface area (Å²) in [7, 11) is 1.63. The van der Waals surface area contributed by atoms with Gasteiger partial charge in [-0.1, -0.05) is 6.07 Å². The van der Waals surface area contributed by atoms with Gasteiger partial charge in [-0.3, -0.25) is 9.59 Å². The number of anilines is 2. The molecule has 1 atom stereocenters. The van der Waals surface area contributed by atoms with Gasteiger partial charge in [0.05, 0.1) is 12.4 Å². The molecule has 0 bridgehead atoms. The van der Waals surface area contributed by atoms with Crippen LogP contribution in [0, 0.1) is 0 Å². The summed E-state index contributed by atoms with van der Waals surface area (Å²) in [5, 5.41) is 2.69. The third-order valence-electron chi connectivity index (χ3n) is 4.24. The van der Waals surface area contributed by atoms with Gasteiger partial charge in [-0.05, 0) is 55.8 Å².